The second-order valence-corrected chi connectivity index (χ2v) is 7.63. The summed E-state index contributed by atoms with van der Waals surface area (Å²) >= 11 is 1.24. The number of nitrogens with one attached hydrogen (secondary N) is 2. The van der Waals surface area contributed by atoms with Crippen LogP contribution in [0.15, 0.2) is 66.2 Å². The Hall–Kier alpha value is -3.79. The number of pyridine rings is 1. The lowest BCUT2D eigenvalue weighted by atomic mass is 10.1. The van der Waals surface area contributed by atoms with Crippen molar-refractivity contribution in [2.75, 3.05) is 10.6 Å². The molecule has 10 heteroatoms. The van der Waals surface area contributed by atoms with Gasteiger partial charge in [-0.1, -0.05) is 0 Å². The average Bonchev–Trinajstić information content (AvgIpc) is 3.21. The summed E-state index contributed by atoms with van der Waals surface area (Å²) in [6.45, 7) is 0.421. The monoisotopic (exact) mass is 459 g/mol. The number of fused-ring (bicyclic) bond motifs is 1. The molecular weight excluding hydrogens is 443 g/mol. The van der Waals surface area contributed by atoms with Gasteiger partial charge in [-0.05, 0) is 59.5 Å². The molecule has 0 radical (unpaired) electrons. The quantitative estimate of drug-likeness (QED) is 0.341. The van der Waals surface area contributed by atoms with Gasteiger partial charge in [0.1, 0.15) is 16.4 Å². The molecule has 0 saturated carbocycles. The van der Waals surface area contributed by atoms with Crippen LogP contribution >= 0.6 is 11.3 Å². The van der Waals surface area contributed by atoms with Crippen LogP contribution in [0.2, 0.25) is 0 Å². The predicted molar refractivity (Wildman–Crippen MR) is 116 cm³/mol. The van der Waals surface area contributed by atoms with Crippen LogP contribution < -0.4 is 15.4 Å². The van der Waals surface area contributed by atoms with E-state index in [0.29, 0.717) is 28.3 Å². The van der Waals surface area contributed by atoms with E-state index in [0.717, 1.165) is 23.1 Å². The number of anilines is 2. The Morgan fingerprint density at radius 3 is 2.62 bits per heavy atom. The second kappa shape index (κ2) is 8.75. The maximum absolute atomic E-state index is 12.7. The van der Waals surface area contributed by atoms with Gasteiger partial charge in [-0.25, -0.2) is 0 Å². The van der Waals surface area contributed by atoms with Crippen molar-refractivity contribution in [3.8, 4) is 11.5 Å². The second-order valence-electron chi connectivity index (χ2n) is 6.71. The topological polar surface area (TPSA) is 83.5 Å². The Morgan fingerprint density at radius 1 is 1.09 bits per heavy atom. The predicted octanol–water partition coefficient (Wildman–Crippen LogP) is 5.76. The third kappa shape index (κ3) is 5.09. The molecule has 1 amide bonds. The molecule has 0 spiro atoms. The summed E-state index contributed by atoms with van der Waals surface area (Å²) in [7, 11) is 0. The zero-order valence-corrected chi connectivity index (χ0v) is 17.1. The fraction of sp³-hybridized carbons (Fsp3) is 0.0909. The number of phenols is 1. The highest BCUT2D eigenvalue weighted by atomic mass is 32.1. The van der Waals surface area contributed by atoms with Crippen LogP contribution in [0.25, 0.3) is 10.9 Å². The molecule has 0 unspecified atom stereocenters. The first-order chi connectivity index (χ1) is 15.3. The summed E-state index contributed by atoms with van der Waals surface area (Å²) in [4.78, 5) is 17.4. The van der Waals surface area contributed by atoms with Gasteiger partial charge >= 0.3 is 6.36 Å². The summed E-state index contributed by atoms with van der Waals surface area (Å²) in [5.74, 6) is -0.631. The summed E-state index contributed by atoms with van der Waals surface area (Å²) in [6.07, 6.45) is -3.13. The van der Waals surface area contributed by atoms with Crippen LogP contribution in [-0.2, 0) is 6.54 Å². The molecule has 0 fully saturated rings. The van der Waals surface area contributed by atoms with Crippen molar-refractivity contribution in [3.05, 3.63) is 76.6 Å². The minimum absolute atomic E-state index is 0.130. The highest BCUT2D eigenvalue weighted by molar-refractivity contribution is 7.12. The zero-order chi connectivity index (χ0) is 22.7. The van der Waals surface area contributed by atoms with Gasteiger partial charge in [0.05, 0.1) is 11.2 Å². The Labute approximate surface area is 184 Å². The number of carbonyl (C=O) groups excluding carboxylic acids is 1. The highest BCUT2D eigenvalue weighted by Crippen LogP contribution is 2.28. The Morgan fingerprint density at radius 2 is 1.88 bits per heavy atom. The largest absolute Gasteiger partial charge is 0.573 e. The number of hydrogen-bond acceptors (Lipinski definition) is 6. The number of amides is 1. The molecule has 2 aromatic heterocycles. The van der Waals surface area contributed by atoms with E-state index in [1.54, 1.807) is 35.8 Å². The summed E-state index contributed by atoms with van der Waals surface area (Å²) in [5, 5.41) is 18.2. The van der Waals surface area contributed by atoms with Gasteiger partial charge in [-0.15, -0.1) is 24.5 Å². The molecule has 3 N–H and O–H groups in total. The van der Waals surface area contributed by atoms with Crippen LogP contribution in [0.3, 0.4) is 0 Å². The van der Waals surface area contributed by atoms with Crippen molar-refractivity contribution in [3.63, 3.8) is 0 Å². The van der Waals surface area contributed by atoms with E-state index in [9.17, 15) is 23.1 Å². The first-order valence-electron chi connectivity index (χ1n) is 9.34. The van der Waals surface area contributed by atoms with Gasteiger partial charge < -0.3 is 20.5 Å². The molecule has 4 rings (SSSR count). The van der Waals surface area contributed by atoms with Crippen LogP contribution in [0, 0.1) is 0 Å². The summed E-state index contributed by atoms with van der Waals surface area (Å²) < 4.78 is 40.6. The number of nitrogens with zero attached hydrogens (tertiary/aromatic N) is 1. The molecule has 2 heterocycles. The number of benzene rings is 2. The van der Waals surface area contributed by atoms with Gasteiger partial charge in [0.2, 0.25) is 0 Å². The van der Waals surface area contributed by atoms with Crippen LogP contribution in [0.5, 0.6) is 11.5 Å². The molecule has 0 aliphatic carbocycles. The fourth-order valence-corrected chi connectivity index (χ4v) is 3.86. The molecule has 164 valence electrons. The van der Waals surface area contributed by atoms with Crippen molar-refractivity contribution in [2.45, 2.75) is 12.9 Å². The molecule has 4 aromatic rings. The number of halogens is 3. The maximum Gasteiger partial charge on any atom is 0.573 e. The number of ether oxygens (including phenoxy) is 1. The van der Waals surface area contributed by atoms with Gasteiger partial charge in [0.15, 0.2) is 0 Å². The third-order valence-corrected chi connectivity index (χ3v) is 5.42. The minimum Gasteiger partial charge on any atom is -0.508 e. The number of aromatic hydroxyl groups is 1. The molecule has 0 bridgehead atoms. The average molecular weight is 459 g/mol. The summed E-state index contributed by atoms with van der Waals surface area (Å²) in [5.41, 5.74) is 2.55. The van der Waals surface area contributed by atoms with Crippen molar-refractivity contribution >= 4 is 39.5 Å². The van der Waals surface area contributed by atoms with Crippen molar-refractivity contribution in [2.24, 2.45) is 0 Å². The van der Waals surface area contributed by atoms with Crippen molar-refractivity contribution in [1.82, 2.24) is 4.98 Å². The van der Waals surface area contributed by atoms with E-state index >= 15 is 0 Å². The highest BCUT2D eigenvalue weighted by Gasteiger charge is 2.31. The van der Waals surface area contributed by atoms with Crippen LogP contribution in [0.1, 0.15) is 15.2 Å². The molecule has 0 aliphatic heterocycles. The van der Waals surface area contributed by atoms with Gasteiger partial charge in [0, 0.05) is 29.9 Å². The van der Waals surface area contributed by atoms with Gasteiger partial charge in [-0.3, -0.25) is 9.78 Å². The number of rotatable bonds is 6. The van der Waals surface area contributed by atoms with Gasteiger partial charge in [-0.2, -0.15) is 0 Å². The molecule has 6 nitrogen and oxygen atoms in total. The maximum atomic E-state index is 12.7. The number of hydrogen-bond donors (Lipinski definition) is 3. The Bertz CT molecular complexity index is 1260. The van der Waals surface area contributed by atoms with Crippen LogP contribution in [0.4, 0.5) is 24.5 Å². The minimum atomic E-state index is -4.77. The molecule has 32 heavy (non-hydrogen) atoms. The lowest BCUT2D eigenvalue weighted by molar-refractivity contribution is -0.274. The SMILES string of the molecule is O=C(Nc1ccc(OC(F)(F)F)cc1)c1sccc1NCc1ccnc2cc(O)ccc12. The first-order valence-corrected chi connectivity index (χ1v) is 10.2. The van der Waals surface area contributed by atoms with Gasteiger partial charge in [0.25, 0.3) is 5.91 Å². The normalized spacial score (nSPS) is 11.3. The standard InChI is InChI=1S/C22H16F3N3O3S/c23-22(24,25)31-16-4-1-14(2-5-16)28-21(30)20-18(8-10-32-20)27-12-13-7-9-26-19-11-15(29)3-6-17(13)19/h1-11,27,29H,12H2,(H,28,30). The number of alkyl halides is 3. The Kier molecular flexibility index (Phi) is 5.87. The molecule has 2 aromatic carbocycles. The first kappa shape index (κ1) is 21.4. The molecule has 0 saturated heterocycles. The fourth-order valence-electron chi connectivity index (χ4n) is 3.09. The van der Waals surface area contributed by atoms with Crippen molar-refractivity contribution in [1.29, 1.82) is 0 Å². The number of aromatic nitrogens is 1. The van der Waals surface area contributed by atoms with E-state index < -0.39 is 12.3 Å². The molecule has 0 aliphatic rings. The van der Waals surface area contributed by atoms with E-state index in [4.69, 9.17) is 0 Å². The lowest BCUT2D eigenvalue weighted by Crippen LogP contribution is -2.17. The third-order valence-electron chi connectivity index (χ3n) is 4.50. The van der Waals surface area contributed by atoms with Crippen LogP contribution in [-0.4, -0.2) is 22.4 Å². The zero-order valence-electron chi connectivity index (χ0n) is 16.3. The Balaban J connectivity index is 1.44. The van der Waals surface area contributed by atoms with E-state index in [1.165, 1.54) is 23.5 Å². The van der Waals surface area contributed by atoms with Crippen molar-refractivity contribution < 1.29 is 27.8 Å². The lowest BCUT2D eigenvalue weighted by Gasteiger charge is -2.11. The van der Waals surface area contributed by atoms with E-state index in [2.05, 4.69) is 20.4 Å². The number of carbonyl (C=O) groups is 1. The smallest absolute Gasteiger partial charge is 0.508 e. The molecular formula is C22H16F3N3O3S. The van der Waals surface area contributed by atoms with E-state index in [1.807, 2.05) is 6.07 Å². The van der Waals surface area contributed by atoms with E-state index in [-0.39, 0.29) is 11.5 Å². The number of thiophene rings is 1. The summed E-state index contributed by atoms with van der Waals surface area (Å²) in [6, 6.07) is 13.5. The number of phenolic OH excluding ortho intramolecular Hbond substituents is 1. The molecule has 0 atom stereocenters.